The van der Waals surface area contributed by atoms with Crippen molar-refractivity contribution < 1.29 is 18.3 Å². The van der Waals surface area contributed by atoms with E-state index in [9.17, 15) is 13.6 Å². The molecule has 180 valence electrons. The monoisotopic (exact) mass is 494 g/mol. The number of imidazole rings is 1. The van der Waals surface area contributed by atoms with Gasteiger partial charge in [0.2, 0.25) is 11.6 Å². The van der Waals surface area contributed by atoms with Crippen LogP contribution in [0.4, 0.5) is 8.78 Å². The third kappa shape index (κ3) is 3.30. The molecule has 0 atom stereocenters. The Morgan fingerprint density at radius 1 is 1.00 bits per heavy atom. The topological polar surface area (TPSA) is 93.0 Å². The van der Waals surface area contributed by atoms with E-state index in [-0.39, 0.29) is 17.3 Å². The molecular weight excluding hydrogens is 478 g/mol. The normalized spacial score (nSPS) is 11.6. The molecule has 8 nitrogen and oxygen atoms in total. The van der Waals surface area contributed by atoms with E-state index in [1.807, 2.05) is 30.5 Å². The maximum atomic E-state index is 14.0. The Morgan fingerprint density at radius 2 is 1.89 bits per heavy atom. The van der Waals surface area contributed by atoms with Gasteiger partial charge in [-0.3, -0.25) is 9.89 Å². The second-order valence-corrected chi connectivity index (χ2v) is 8.46. The smallest absolute Gasteiger partial charge is 0.214 e. The summed E-state index contributed by atoms with van der Waals surface area (Å²) in [4.78, 5) is 21.3. The summed E-state index contributed by atoms with van der Waals surface area (Å²) in [6.07, 6.45) is 5.15. The molecule has 7 aromatic rings. The third-order valence-electron chi connectivity index (χ3n) is 6.23. The minimum Gasteiger partial charge on any atom is -0.454 e. The predicted molar refractivity (Wildman–Crippen MR) is 132 cm³/mol. The number of nitrogens with one attached hydrogen (secondary N) is 2. The quantitative estimate of drug-likeness (QED) is 0.297. The van der Waals surface area contributed by atoms with Gasteiger partial charge in [0.05, 0.1) is 28.0 Å². The highest BCUT2D eigenvalue weighted by Gasteiger charge is 2.21. The van der Waals surface area contributed by atoms with Crippen LogP contribution in [-0.4, -0.2) is 35.1 Å². The van der Waals surface area contributed by atoms with Gasteiger partial charge in [-0.2, -0.15) is 9.49 Å². The first kappa shape index (κ1) is 21.1. The van der Waals surface area contributed by atoms with Crippen LogP contribution in [0.2, 0.25) is 0 Å². The van der Waals surface area contributed by atoms with Gasteiger partial charge in [0, 0.05) is 35.6 Å². The summed E-state index contributed by atoms with van der Waals surface area (Å²) in [5.41, 5.74) is 4.09. The Kier molecular flexibility index (Phi) is 4.49. The number of hydrogen-bond donors (Lipinski definition) is 2. The molecule has 0 saturated carbocycles. The van der Waals surface area contributed by atoms with Gasteiger partial charge in [0.15, 0.2) is 17.2 Å². The lowest BCUT2D eigenvalue weighted by molar-refractivity contribution is 0.103. The number of benzene rings is 3. The highest BCUT2D eigenvalue weighted by molar-refractivity contribution is 6.14. The zero-order chi connectivity index (χ0) is 25.1. The van der Waals surface area contributed by atoms with Gasteiger partial charge in [0.25, 0.3) is 0 Å². The van der Waals surface area contributed by atoms with Crippen LogP contribution in [0.25, 0.3) is 33.3 Å². The van der Waals surface area contributed by atoms with E-state index in [0.717, 1.165) is 22.7 Å². The fraction of sp³-hybridized carbons (Fsp3) is 0. The van der Waals surface area contributed by atoms with E-state index in [0.29, 0.717) is 27.9 Å². The van der Waals surface area contributed by atoms with E-state index in [1.54, 1.807) is 45.9 Å². The molecule has 37 heavy (non-hydrogen) atoms. The number of H-pyrrole nitrogens is 2. The maximum absolute atomic E-state index is 14.0. The summed E-state index contributed by atoms with van der Waals surface area (Å²) < 4.78 is 36.5. The van der Waals surface area contributed by atoms with Gasteiger partial charge in [-0.15, -0.1) is 0 Å². The number of nitrogens with zero attached hydrogens (tertiary/aromatic N) is 4. The Balaban J connectivity index is 1.27. The zero-order valence-corrected chi connectivity index (χ0v) is 18.9. The molecule has 3 aromatic carbocycles. The summed E-state index contributed by atoms with van der Waals surface area (Å²) in [6.45, 7) is 0. The molecule has 0 unspecified atom stereocenters. The molecule has 0 saturated heterocycles. The van der Waals surface area contributed by atoms with Crippen molar-refractivity contribution in [2.45, 2.75) is 0 Å². The van der Waals surface area contributed by atoms with Gasteiger partial charge in [-0.25, -0.2) is 18.6 Å². The summed E-state index contributed by atoms with van der Waals surface area (Å²) in [5, 5.41) is 8.23. The lowest BCUT2D eigenvalue weighted by Crippen LogP contribution is -2.01. The van der Waals surface area contributed by atoms with Gasteiger partial charge >= 0.3 is 0 Å². The second kappa shape index (κ2) is 7.89. The minimum absolute atomic E-state index is 0.228. The average molecular weight is 494 g/mol. The van der Waals surface area contributed by atoms with Crippen molar-refractivity contribution in [1.29, 1.82) is 0 Å². The number of rotatable bonds is 5. The number of ether oxygens (including phenoxy) is 1. The Morgan fingerprint density at radius 3 is 2.76 bits per heavy atom. The van der Waals surface area contributed by atoms with Crippen LogP contribution >= 0.6 is 0 Å². The Labute approximate surface area is 206 Å². The van der Waals surface area contributed by atoms with E-state index < -0.39 is 11.6 Å². The molecular formula is C27H16F2N6O2. The van der Waals surface area contributed by atoms with E-state index in [4.69, 9.17) is 4.74 Å². The first-order valence-electron chi connectivity index (χ1n) is 11.3. The summed E-state index contributed by atoms with van der Waals surface area (Å²) in [7, 11) is 0. The molecule has 10 heteroatoms. The van der Waals surface area contributed by atoms with Crippen LogP contribution in [0.1, 0.15) is 16.1 Å². The van der Waals surface area contributed by atoms with Gasteiger partial charge in [-0.1, -0.05) is 12.1 Å². The third-order valence-corrected chi connectivity index (χ3v) is 6.23. The molecule has 0 aliphatic heterocycles. The molecule has 4 aromatic heterocycles. The summed E-state index contributed by atoms with van der Waals surface area (Å²) in [5.74, 6) is -2.24. The molecule has 0 aliphatic rings. The Hall–Kier alpha value is -5.25. The molecule has 0 spiro atoms. The van der Waals surface area contributed by atoms with Crippen LogP contribution in [0, 0.1) is 11.6 Å². The van der Waals surface area contributed by atoms with Gasteiger partial charge in [-0.05, 0) is 48.5 Å². The lowest BCUT2D eigenvalue weighted by Gasteiger charge is -2.06. The number of carbonyl (C=O) groups excluding carboxylic acids is 1. The highest BCUT2D eigenvalue weighted by Crippen LogP contribution is 2.30. The van der Waals surface area contributed by atoms with Crippen molar-refractivity contribution in [2.24, 2.45) is 0 Å². The van der Waals surface area contributed by atoms with E-state index >= 15 is 0 Å². The van der Waals surface area contributed by atoms with Crippen molar-refractivity contribution in [2.75, 3.05) is 0 Å². The largest absolute Gasteiger partial charge is 0.454 e. The van der Waals surface area contributed by atoms with Crippen LogP contribution in [0.3, 0.4) is 0 Å². The zero-order valence-electron chi connectivity index (χ0n) is 18.9. The van der Waals surface area contributed by atoms with E-state index in [2.05, 4.69) is 20.2 Å². The van der Waals surface area contributed by atoms with E-state index in [1.165, 1.54) is 12.1 Å². The SMILES string of the molecule is O=C(c1cc2c(-n3cccn3)cccc2[nH]1)c1c[nH]n2c1nc1cc(Oc3cccc(F)c3F)ccc12. The lowest BCUT2D eigenvalue weighted by atomic mass is 10.1. The van der Waals surface area contributed by atoms with Crippen molar-refractivity contribution in [3.05, 3.63) is 108 Å². The number of carbonyl (C=O) groups is 1. The number of halogens is 2. The van der Waals surface area contributed by atoms with Crippen LogP contribution in [-0.2, 0) is 0 Å². The summed E-state index contributed by atoms with van der Waals surface area (Å²) in [6, 6.07) is 18.1. The van der Waals surface area contributed by atoms with Crippen molar-refractivity contribution in [3.63, 3.8) is 0 Å². The fourth-order valence-electron chi connectivity index (χ4n) is 4.50. The molecule has 0 fully saturated rings. The molecule has 0 bridgehead atoms. The van der Waals surface area contributed by atoms with Crippen molar-refractivity contribution in [1.82, 2.24) is 29.4 Å². The van der Waals surface area contributed by atoms with Crippen molar-refractivity contribution >= 4 is 33.4 Å². The second-order valence-electron chi connectivity index (χ2n) is 8.46. The molecule has 0 aliphatic carbocycles. The van der Waals surface area contributed by atoms with Crippen LogP contribution in [0.15, 0.2) is 85.3 Å². The number of hydrogen-bond acceptors (Lipinski definition) is 4. The fourth-order valence-corrected chi connectivity index (χ4v) is 4.50. The minimum atomic E-state index is -1.07. The molecule has 7 rings (SSSR count). The standard InChI is InChI=1S/C27H16F2N6O2/c28-18-4-1-7-24(25(18)29)37-15-8-9-23-20(12-15)33-27-17(14-31-35(23)27)26(36)21-13-16-19(32-21)5-2-6-22(16)34-11-3-10-30-34/h1-14,31-32H. The number of aromatic amines is 2. The first-order valence-corrected chi connectivity index (χ1v) is 11.3. The maximum Gasteiger partial charge on any atom is 0.214 e. The molecule has 0 amide bonds. The van der Waals surface area contributed by atoms with Crippen LogP contribution < -0.4 is 4.74 Å². The molecule has 0 radical (unpaired) electrons. The van der Waals surface area contributed by atoms with Gasteiger partial charge < -0.3 is 9.72 Å². The molecule has 4 heterocycles. The number of ketones is 1. The predicted octanol–water partition coefficient (Wildman–Crippen LogP) is 5.78. The first-order chi connectivity index (χ1) is 18.1. The highest BCUT2D eigenvalue weighted by atomic mass is 19.2. The van der Waals surface area contributed by atoms with Crippen LogP contribution in [0.5, 0.6) is 11.5 Å². The number of fused-ring (bicyclic) bond motifs is 4. The average Bonchev–Trinajstić information content (AvgIpc) is 3.69. The molecule has 2 N–H and O–H groups in total. The van der Waals surface area contributed by atoms with Gasteiger partial charge in [0.1, 0.15) is 5.75 Å². The van der Waals surface area contributed by atoms with Crippen molar-refractivity contribution in [3.8, 4) is 17.2 Å². The summed E-state index contributed by atoms with van der Waals surface area (Å²) >= 11 is 0. The Bertz CT molecular complexity index is 1970. The number of aromatic nitrogens is 6.